The molecular formula is C15H11F4NO2. The zero-order valence-corrected chi connectivity index (χ0v) is 11.4. The molecule has 0 aliphatic rings. The zero-order chi connectivity index (χ0) is 16.3. The molecule has 1 amide bonds. The summed E-state index contributed by atoms with van der Waals surface area (Å²) in [5.41, 5.74) is -1.35. The number of ether oxygens (including phenoxy) is 1. The van der Waals surface area contributed by atoms with E-state index in [4.69, 9.17) is 4.74 Å². The van der Waals surface area contributed by atoms with Crippen LogP contribution in [0.2, 0.25) is 0 Å². The van der Waals surface area contributed by atoms with Gasteiger partial charge in [-0.2, -0.15) is 13.2 Å². The van der Waals surface area contributed by atoms with Crippen molar-refractivity contribution < 1.29 is 27.1 Å². The Labute approximate surface area is 123 Å². The van der Waals surface area contributed by atoms with Crippen LogP contribution in [0.15, 0.2) is 42.5 Å². The predicted octanol–water partition coefficient (Wildman–Crippen LogP) is 4.11. The highest BCUT2D eigenvalue weighted by Gasteiger charge is 2.31. The Bertz CT molecular complexity index is 698. The number of benzene rings is 2. The van der Waals surface area contributed by atoms with Crippen LogP contribution in [0.3, 0.4) is 0 Å². The van der Waals surface area contributed by atoms with Crippen molar-refractivity contribution in [1.29, 1.82) is 0 Å². The van der Waals surface area contributed by atoms with E-state index >= 15 is 0 Å². The molecule has 7 heteroatoms. The van der Waals surface area contributed by atoms with E-state index in [1.807, 2.05) is 0 Å². The van der Waals surface area contributed by atoms with Gasteiger partial charge in [-0.1, -0.05) is 12.1 Å². The number of alkyl halides is 3. The Balaban J connectivity index is 2.27. The van der Waals surface area contributed by atoms with Gasteiger partial charge in [0.25, 0.3) is 5.91 Å². The normalized spacial score (nSPS) is 11.1. The van der Waals surface area contributed by atoms with E-state index in [0.717, 1.165) is 6.07 Å². The number of amides is 1. The first-order valence-electron chi connectivity index (χ1n) is 6.14. The maximum absolute atomic E-state index is 13.7. The van der Waals surface area contributed by atoms with Crippen molar-refractivity contribution in [2.24, 2.45) is 0 Å². The molecule has 0 bridgehead atoms. The third-order valence-electron chi connectivity index (χ3n) is 2.90. The monoisotopic (exact) mass is 313 g/mol. The molecule has 0 saturated heterocycles. The highest BCUT2D eigenvalue weighted by molar-refractivity contribution is 6.05. The Morgan fingerprint density at radius 3 is 2.41 bits per heavy atom. The lowest BCUT2D eigenvalue weighted by Crippen LogP contribution is -2.15. The lowest BCUT2D eigenvalue weighted by Gasteiger charge is -2.11. The maximum Gasteiger partial charge on any atom is 0.416 e. The minimum absolute atomic E-state index is 0.286. The molecule has 22 heavy (non-hydrogen) atoms. The number of nitrogens with one attached hydrogen (secondary N) is 1. The minimum atomic E-state index is -4.67. The van der Waals surface area contributed by atoms with Gasteiger partial charge in [0.2, 0.25) is 0 Å². The van der Waals surface area contributed by atoms with Crippen molar-refractivity contribution in [3.05, 3.63) is 59.4 Å². The molecule has 0 spiro atoms. The van der Waals surface area contributed by atoms with Crippen molar-refractivity contribution in [3.63, 3.8) is 0 Å². The van der Waals surface area contributed by atoms with E-state index in [-0.39, 0.29) is 11.8 Å². The number of hydrogen-bond acceptors (Lipinski definition) is 2. The summed E-state index contributed by atoms with van der Waals surface area (Å²) in [4.78, 5) is 12.0. The van der Waals surface area contributed by atoms with E-state index < -0.39 is 29.0 Å². The van der Waals surface area contributed by atoms with Crippen LogP contribution >= 0.6 is 0 Å². The Morgan fingerprint density at radius 1 is 1.14 bits per heavy atom. The second-order valence-electron chi connectivity index (χ2n) is 4.35. The van der Waals surface area contributed by atoms with Crippen LogP contribution in [0.5, 0.6) is 5.75 Å². The average molecular weight is 313 g/mol. The third-order valence-corrected chi connectivity index (χ3v) is 2.90. The molecule has 2 aromatic carbocycles. The standard InChI is InChI=1S/C15H11F4NO2/c1-22-13-5-3-2-4-12(13)20-14(21)10-7-6-9(8-11(10)16)15(17,18)19/h2-8H,1H3,(H,20,21). The van der Waals surface area contributed by atoms with E-state index in [9.17, 15) is 22.4 Å². The summed E-state index contributed by atoms with van der Waals surface area (Å²) in [6, 6.07) is 8.14. The molecule has 116 valence electrons. The smallest absolute Gasteiger partial charge is 0.416 e. The highest BCUT2D eigenvalue weighted by atomic mass is 19.4. The average Bonchev–Trinajstić information content (AvgIpc) is 2.46. The number of hydrogen-bond donors (Lipinski definition) is 1. The lowest BCUT2D eigenvalue weighted by atomic mass is 10.1. The molecule has 0 aromatic heterocycles. The van der Waals surface area contributed by atoms with Crippen molar-refractivity contribution in [3.8, 4) is 5.75 Å². The Kier molecular flexibility index (Phi) is 4.35. The van der Waals surface area contributed by atoms with Crippen LogP contribution in [-0.2, 0) is 6.18 Å². The lowest BCUT2D eigenvalue weighted by molar-refractivity contribution is -0.137. The summed E-state index contributed by atoms with van der Waals surface area (Å²) in [6.45, 7) is 0. The summed E-state index contributed by atoms with van der Waals surface area (Å²) >= 11 is 0. The number of rotatable bonds is 3. The second-order valence-corrected chi connectivity index (χ2v) is 4.35. The van der Waals surface area contributed by atoms with Crippen LogP contribution in [0.25, 0.3) is 0 Å². The predicted molar refractivity (Wildman–Crippen MR) is 72.3 cm³/mol. The van der Waals surface area contributed by atoms with Crippen molar-refractivity contribution in [1.82, 2.24) is 0 Å². The molecule has 3 nitrogen and oxygen atoms in total. The fourth-order valence-electron chi connectivity index (χ4n) is 1.81. The van der Waals surface area contributed by atoms with Gasteiger partial charge in [0.05, 0.1) is 23.9 Å². The Hall–Kier alpha value is -2.57. The van der Waals surface area contributed by atoms with Gasteiger partial charge in [-0.3, -0.25) is 4.79 Å². The molecule has 2 rings (SSSR count). The molecule has 0 heterocycles. The number of carbonyl (C=O) groups is 1. The number of anilines is 1. The number of halogens is 4. The minimum Gasteiger partial charge on any atom is -0.495 e. The van der Waals surface area contributed by atoms with E-state index in [2.05, 4.69) is 5.32 Å². The first-order chi connectivity index (χ1) is 10.3. The molecule has 0 aliphatic carbocycles. The zero-order valence-electron chi connectivity index (χ0n) is 11.4. The molecule has 0 aliphatic heterocycles. The number of para-hydroxylation sites is 2. The SMILES string of the molecule is COc1ccccc1NC(=O)c1ccc(C(F)(F)F)cc1F. The molecule has 0 atom stereocenters. The van der Waals surface area contributed by atoms with Crippen LogP contribution in [0.1, 0.15) is 15.9 Å². The first kappa shape index (κ1) is 15.8. The summed E-state index contributed by atoms with van der Waals surface area (Å²) in [6.07, 6.45) is -4.67. The van der Waals surface area contributed by atoms with Crippen LogP contribution in [0, 0.1) is 5.82 Å². The molecular weight excluding hydrogens is 302 g/mol. The van der Waals surface area contributed by atoms with Gasteiger partial charge in [0.1, 0.15) is 11.6 Å². The molecule has 1 N–H and O–H groups in total. The molecule has 0 radical (unpaired) electrons. The van der Waals surface area contributed by atoms with Crippen molar-refractivity contribution in [2.75, 3.05) is 12.4 Å². The van der Waals surface area contributed by atoms with Crippen LogP contribution in [-0.4, -0.2) is 13.0 Å². The quantitative estimate of drug-likeness (QED) is 0.866. The summed E-state index contributed by atoms with van der Waals surface area (Å²) in [5, 5.41) is 2.39. The van der Waals surface area contributed by atoms with E-state index in [1.165, 1.54) is 13.2 Å². The molecule has 0 saturated carbocycles. The van der Waals surface area contributed by atoms with E-state index in [0.29, 0.717) is 11.8 Å². The van der Waals surface area contributed by atoms with Gasteiger partial charge in [-0.15, -0.1) is 0 Å². The molecule has 2 aromatic rings. The fraction of sp³-hybridized carbons (Fsp3) is 0.133. The van der Waals surface area contributed by atoms with Crippen molar-refractivity contribution >= 4 is 11.6 Å². The summed E-state index contributed by atoms with van der Waals surface area (Å²) in [7, 11) is 1.39. The second kappa shape index (κ2) is 6.05. The maximum atomic E-state index is 13.7. The first-order valence-corrected chi connectivity index (χ1v) is 6.14. The summed E-state index contributed by atoms with van der Waals surface area (Å²) < 4.78 is 56.1. The molecule has 0 fully saturated rings. The van der Waals surface area contributed by atoms with Gasteiger partial charge in [-0.25, -0.2) is 4.39 Å². The van der Waals surface area contributed by atoms with Gasteiger partial charge in [0, 0.05) is 0 Å². The topological polar surface area (TPSA) is 38.3 Å². The number of methoxy groups -OCH3 is 1. The largest absolute Gasteiger partial charge is 0.495 e. The summed E-state index contributed by atoms with van der Waals surface area (Å²) in [5.74, 6) is -1.76. The Morgan fingerprint density at radius 2 is 1.82 bits per heavy atom. The van der Waals surface area contributed by atoms with Gasteiger partial charge >= 0.3 is 6.18 Å². The molecule has 0 unspecified atom stereocenters. The highest BCUT2D eigenvalue weighted by Crippen LogP contribution is 2.30. The number of carbonyl (C=O) groups excluding carboxylic acids is 1. The van der Waals surface area contributed by atoms with Crippen LogP contribution < -0.4 is 10.1 Å². The van der Waals surface area contributed by atoms with Gasteiger partial charge in [-0.05, 0) is 30.3 Å². The van der Waals surface area contributed by atoms with E-state index in [1.54, 1.807) is 18.2 Å². The van der Waals surface area contributed by atoms with Crippen molar-refractivity contribution in [2.45, 2.75) is 6.18 Å². The van der Waals surface area contributed by atoms with Gasteiger partial charge < -0.3 is 10.1 Å². The third kappa shape index (κ3) is 3.36. The van der Waals surface area contributed by atoms with Crippen LogP contribution in [0.4, 0.5) is 23.2 Å². The fourth-order valence-corrected chi connectivity index (χ4v) is 1.81. The van der Waals surface area contributed by atoms with Gasteiger partial charge in [0.15, 0.2) is 0 Å².